The standard InChI is InChI=1S/C16H16N4O3S/c1-12-3-2-4-14(11-12)24(21,22)18-10-7-15-19-20-16(23-15)13-5-8-17-9-6-13/h2-6,8-9,11,18H,7,10H2,1H3. The van der Waals surface area contributed by atoms with Crippen molar-refractivity contribution in [3.63, 3.8) is 0 Å². The van der Waals surface area contributed by atoms with Crippen LogP contribution in [0.1, 0.15) is 11.5 Å². The van der Waals surface area contributed by atoms with Crippen molar-refractivity contribution in [1.82, 2.24) is 19.9 Å². The second-order valence-corrected chi connectivity index (χ2v) is 6.97. The Morgan fingerprint density at radius 3 is 2.67 bits per heavy atom. The van der Waals surface area contributed by atoms with Crippen LogP contribution in [0.5, 0.6) is 0 Å². The number of nitrogens with one attached hydrogen (secondary N) is 1. The van der Waals surface area contributed by atoms with Crippen molar-refractivity contribution in [2.75, 3.05) is 6.54 Å². The van der Waals surface area contributed by atoms with Gasteiger partial charge in [0, 0.05) is 30.9 Å². The molecule has 0 saturated heterocycles. The highest BCUT2D eigenvalue weighted by Gasteiger charge is 2.14. The van der Waals surface area contributed by atoms with E-state index in [9.17, 15) is 8.42 Å². The molecule has 0 saturated carbocycles. The highest BCUT2D eigenvalue weighted by molar-refractivity contribution is 7.89. The van der Waals surface area contributed by atoms with Crippen molar-refractivity contribution < 1.29 is 12.8 Å². The van der Waals surface area contributed by atoms with Crippen molar-refractivity contribution in [3.8, 4) is 11.5 Å². The lowest BCUT2D eigenvalue weighted by atomic mass is 10.2. The van der Waals surface area contributed by atoms with Crippen LogP contribution in [-0.4, -0.2) is 30.1 Å². The third kappa shape index (κ3) is 3.84. The van der Waals surface area contributed by atoms with Gasteiger partial charge in [0.1, 0.15) is 0 Å². The molecular weight excluding hydrogens is 328 g/mol. The van der Waals surface area contributed by atoms with E-state index in [2.05, 4.69) is 19.9 Å². The fourth-order valence-electron chi connectivity index (χ4n) is 2.12. The van der Waals surface area contributed by atoms with Gasteiger partial charge < -0.3 is 4.42 Å². The lowest BCUT2D eigenvalue weighted by Gasteiger charge is -2.06. The molecule has 0 spiro atoms. The monoisotopic (exact) mass is 344 g/mol. The SMILES string of the molecule is Cc1cccc(S(=O)(=O)NCCc2nnc(-c3ccncc3)o2)c1. The summed E-state index contributed by atoms with van der Waals surface area (Å²) in [5, 5.41) is 7.88. The first-order valence-electron chi connectivity index (χ1n) is 7.34. The number of rotatable bonds is 6. The molecule has 8 heteroatoms. The zero-order chi connectivity index (χ0) is 17.0. The van der Waals surface area contributed by atoms with Crippen molar-refractivity contribution in [1.29, 1.82) is 0 Å². The number of pyridine rings is 1. The largest absolute Gasteiger partial charge is 0.421 e. The molecule has 0 bridgehead atoms. The summed E-state index contributed by atoms with van der Waals surface area (Å²) in [5.41, 5.74) is 1.65. The number of nitrogens with zero attached hydrogens (tertiary/aromatic N) is 3. The summed E-state index contributed by atoms with van der Waals surface area (Å²) in [4.78, 5) is 4.16. The normalized spacial score (nSPS) is 11.5. The smallest absolute Gasteiger partial charge is 0.247 e. The highest BCUT2D eigenvalue weighted by Crippen LogP contribution is 2.16. The first-order chi connectivity index (χ1) is 11.5. The molecule has 2 heterocycles. The summed E-state index contributed by atoms with van der Waals surface area (Å²) in [6.45, 7) is 2.02. The average Bonchev–Trinajstić information content (AvgIpc) is 3.04. The van der Waals surface area contributed by atoms with Gasteiger partial charge in [0.2, 0.25) is 21.8 Å². The summed E-state index contributed by atoms with van der Waals surface area (Å²) in [7, 11) is -3.55. The van der Waals surface area contributed by atoms with Gasteiger partial charge in [-0.25, -0.2) is 13.1 Å². The zero-order valence-electron chi connectivity index (χ0n) is 13.0. The topological polar surface area (TPSA) is 98.0 Å². The van der Waals surface area contributed by atoms with Gasteiger partial charge in [0.05, 0.1) is 4.90 Å². The number of aromatic nitrogens is 3. The van der Waals surface area contributed by atoms with Gasteiger partial charge >= 0.3 is 0 Å². The predicted molar refractivity (Wildman–Crippen MR) is 87.6 cm³/mol. The van der Waals surface area contributed by atoms with Crippen LogP contribution >= 0.6 is 0 Å². The van der Waals surface area contributed by atoms with Crippen LogP contribution in [0, 0.1) is 6.92 Å². The van der Waals surface area contributed by atoms with Crippen molar-refractivity contribution >= 4 is 10.0 Å². The van der Waals surface area contributed by atoms with Crippen molar-refractivity contribution in [3.05, 3.63) is 60.2 Å². The molecule has 0 aliphatic heterocycles. The van der Waals surface area contributed by atoms with Crippen molar-refractivity contribution in [2.24, 2.45) is 0 Å². The molecule has 0 atom stereocenters. The van der Waals surface area contributed by atoms with Gasteiger partial charge in [-0.3, -0.25) is 4.98 Å². The van der Waals surface area contributed by atoms with Gasteiger partial charge in [0.25, 0.3) is 0 Å². The van der Waals surface area contributed by atoms with Gasteiger partial charge in [-0.2, -0.15) is 0 Å². The molecular formula is C16H16N4O3S. The summed E-state index contributed by atoms with van der Waals surface area (Å²) in [5.74, 6) is 0.752. The number of benzene rings is 1. The molecule has 0 unspecified atom stereocenters. The second kappa shape index (κ2) is 6.90. The first-order valence-corrected chi connectivity index (χ1v) is 8.82. The lowest BCUT2D eigenvalue weighted by Crippen LogP contribution is -2.26. The van der Waals surface area contributed by atoms with E-state index in [1.807, 2.05) is 13.0 Å². The Balaban J connectivity index is 1.62. The third-order valence-corrected chi connectivity index (χ3v) is 4.78. The minimum atomic E-state index is -3.55. The Morgan fingerprint density at radius 1 is 1.12 bits per heavy atom. The zero-order valence-corrected chi connectivity index (χ0v) is 13.8. The molecule has 3 aromatic rings. The van der Waals surface area contributed by atoms with Crippen molar-refractivity contribution in [2.45, 2.75) is 18.2 Å². The maximum absolute atomic E-state index is 12.2. The van der Waals surface area contributed by atoms with Crippen LogP contribution in [-0.2, 0) is 16.4 Å². The van der Waals surface area contributed by atoms with Crippen LogP contribution in [0.25, 0.3) is 11.5 Å². The van der Waals surface area contributed by atoms with E-state index in [0.29, 0.717) is 18.2 Å². The van der Waals surface area contributed by atoms with Gasteiger partial charge in [-0.1, -0.05) is 12.1 Å². The molecule has 2 aromatic heterocycles. The van der Waals surface area contributed by atoms with Gasteiger partial charge in [-0.05, 0) is 36.8 Å². The van der Waals surface area contributed by atoms with E-state index in [1.165, 1.54) is 0 Å². The lowest BCUT2D eigenvalue weighted by molar-refractivity contribution is 0.502. The predicted octanol–water partition coefficient (Wildman–Crippen LogP) is 1.96. The summed E-state index contributed by atoms with van der Waals surface area (Å²) in [6.07, 6.45) is 3.58. The molecule has 0 amide bonds. The number of sulfonamides is 1. The maximum atomic E-state index is 12.2. The Labute approximate surface area is 139 Å². The molecule has 1 N–H and O–H groups in total. The van der Waals surface area contributed by atoms with Gasteiger partial charge in [-0.15, -0.1) is 10.2 Å². The Morgan fingerprint density at radius 2 is 1.92 bits per heavy atom. The van der Waals surface area contributed by atoms with Gasteiger partial charge in [0.15, 0.2) is 0 Å². The number of hydrogen-bond donors (Lipinski definition) is 1. The summed E-state index contributed by atoms with van der Waals surface area (Å²) < 4.78 is 32.5. The minimum absolute atomic E-state index is 0.175. The summed E-state index contributed by atoms with van der Waals surface area (Å²) in [6, 6.07) is 10.3. The molecule has 1 aromatic carbocycles. The molecule has 3 rings (SSSR count). The fraction of sp³-hybridized carbons (Fsp3) is 0.188. The highest BCUT2D eigenvalue weighted by atomic mass is 32.2. The van der Waals surface area contributed by atoms with E-state index < -0.39 is 10.0 Å². The van der Waals surface area contributed by atoms with E-state index in [-0.39, 0.29) is 11.4 Å². The molecule has 0 aliphatic rings. The molecule has 124 valence electrons. The van der Waals surface area contributed by atoms with Crippen LogP contribution < -0.4 is 4.72 Å². The Bertz CT molecular complexity index is 923. The Hall–Kier alpha value is -2.58. The second-order valence-electron chi connectivity index (χ2n) is 5.20. The van der Waals surface area contributed by atoms with E-state index in [1.54, 1.807) is 42.7 Å². The first kappa shape index (κ1) is 16.3. The quantitative estimate of drug-likeness (QED) is 0.734. The number of aryl methyl sites for hydroxylation is 1. The van der Waals surface area contributed by atoms with E-state index >= 15 is 0 Å². The molecule has 24 heavy (non-hydrogen) atoms. The number of hydrogen-bond acceptors (Lipinski definition) is 6. The fourth-order valence-corrected chi connectivity index (χ4v) is 3.26. The maximum Gasteiger partial charge on any atom is 0.247 e. The molecule has 7 nitrogen and oxygen atoms in total. The molecule has 0 aliphatic carbocycles. The molecule has 0 fully saturated rings. The Kier molecular flexibility index (Phi) is 4.68. The minimum Gasteiger partial charge on any atom is -0.421 e. The summed E-state index contributed by atoms with van der Waals surface area (Å²) >= 11 is 0. The third-order valence-electron chi connectivity index (χ3n) is 3.32. The van der Waals surface area contributed by atoms with Crippen LogP contribution in [0.3, 0.4) is 0 Å². The van der Waals surface area contributed by atoms with Crippen LogP contribution in [0.15, 0.2) is 58.1 Å². The van der Waals surface area contributed by atoms with Crippen LogP contribution in [0.4, 0.5) is 0 Å². The average molecular weight is 344 g/mol. The molecule has 0 radical (unpaired) electrons. The van der Waals surface area contributed by atoms with E-state index in [0.717, 1.165) is 11.1 Å². The van der Waals surface area contributed by atoms with Crippen LogP contribution in [0.2, 0.25) is 0 Å². The van der Waals surface area contributed by atoms with E-state index in [4.69, 9.17) is 4.42 Å².